The minimum Gasteiger partial charge on any atom is -0.454 e. The van der Waals surface area contributed by atoms with Gasteiger partial charge in [-0.15, -0.1) is 11.3 Å². The van der Waals surface area contributed by atoms with E-state index in [2.05, 4.69) is 0 Å². The zero-order valence-corrected chi connectivity index (χ0v) is 11.2. The maximum Gasteiger partial charge on any atom is 0.231 e. The summed E-state index contributed by atoms with van der Waals surface area (Å²) in [5.74, 6) is 1.61. The fourth-order valence-corrected chi connectivity index (χ4v) is 3.75. The number of nitrogens with zero attached hydrogens (tertiary/aromatic N) is 1. The average Bonchev–Trinajstić information content (AvgIpc) is 3.04. The molecule has 0 radical (unpaired) electrons. The molecular weight excluding hydrogens is 260 g/mol. The topological polar surface area (TPSA) is 57.4 Å². The van der Waals surface area contributed by atoms with E-state index in [4.69, 9.17) is 20.2 Å². The highest BCUT2D eigenvalue weighted by molar-refractivity contribution is 7.15. The quantitative estimate of drug-likeness (QED) is 0.868. The number of hydrogen-bond donors (Lipinski definition) is 1. The SMILES string of the molecule is NC1CCCc2nc(-c3ccc4c(c3)OCO4)sc21. The maximum atomic E-state index is 6.15. The van der Waals surface area contributed by atoms with E-state index < -0.39 is 0 Å². The monoisotopic (exact) mass is 274 g/mol. The Hall–Kier alpha value is -1.59. The second kappa shape index (κ2) is 4.21. The van der Waals surface area contributed by atoms with Gasteiger partial charge in [-0.2, -0.15) is 0 Å². The number of hydrogen-bond acceptors (Lipinski definition) is 5. The molecule has 2 aromatic rings. The second-order valence-corrected chi connectivity index (χ2v) is 5.93. The Kier molecular flexibility index (Phi) is 2.50. The highest BCUT2D eigenvalue weighted by Crippen LogP contribution is 2.40. The summed E-state index contributed by atoms with van der Waals surface area (Å²) in [4.78, 5) is 5.99. The molecule has 0 saturated heterocycles. The minimum absolute atomic E-state index is 0.156. The van der Waals surface area contributed by atoms with Crippen molar-refractivity contribution < 1.29 is 9.47 Å². The molecule has 1 aliphatic heterocycles. The zero-order valence-electron chi connectivity index (χ0n) is 10.4. The van der Waals surface area contributed by atoms with Gasteiger partial charge in [0.15, 0.2) is 11.5 Å². The first-order chi connectivity index (χ1) is 9.31. The van der Waals surface area contributed by atoms with Crippen LogP contribution in [0.2, 0.25) is 0 Å². The maximum absolute atomic E-state index is 6.15. The largest absolute Gasteiger partial charge is 0.454 e. The van der Waals surface area contributed by atoms with Gasteiger partial charge in [0.05, 0.1) is 5.69 Å². The van der Waals surface area contributed by atoms with Crippen molar-refractivity contribution >= 4 is 11.3 Å². The van der Waals surface area contributed by atoms with Gasteiger partial charge in [0.1, 0.15) is 5.01 Å². The normalized spacial score (nSPS) is 20.4. The molecule has 2 N–H and O–H groups in total. The van der Waals surface area contributed by atoms with Gasteiger partial charge in [0.25, 0.3) is 0 Å². The van der Waals surface area contributed by atoms with Crippen LogP contribution in [0.3, 0.4) is 0 Å². The van der Waals surface area contributed by atoms with Crippen LogP contribution in [0.15, 0.2) is 18.2 Å². The highest BCUT2D eigenvalue weighted by Gasteiger charge is 2.23. The Morgan fingerprint density at radius 3 is 3.05 bits per heavy atom. The van der Waals surface area contributed by atoms with Gasteiger partial charge in [-0.05, 0) is 37.5 Å². The molecule has 0 spiro atoms. The Balaban J connectivity index is 1.76. The van der Waals surface area contributed by atoms with E-state index in [0.717, 1.165) is 41.3 Å². The summed E-state index contributed by atoms with van der Waals surface area (Å²) in [6.45, 7) is 0.304. The first-order valence-corrected chi connectivity index (χ1v) is 7.28. The summed E-state index contributed by atoms with van der Waals surface area (Å²) in [5.41, 5.74) is 8.41. The number of aryl methyl sites for hydroxylation is 1. The molecule has 4 rings (SSSR count). The van der Waals surface area contributed by atoms with E-state index in [9.17, 15) is 0 Å². The second-order valence-electron chi connectivity index (χ2n) is 4.90. The van der Waals surface area contributed by atoms with Gasteiger partial charge < -0.3 is 15.2 Å². The molecule has 1 aromatic carbocycles. The Bertz CT molecular complexity index is 638. The first kappa shape index (κ1) is 11.3. The van der Waals surface area contributed by atoms with E-state index in [1.54, 1.807) is 11.3 Å². The molecule has 2 heterocycles. The lowest BCUT2D eigenvalue weighted by atomic mass is 9.99. The third-order valence-corrected chi connectivity index (χ3v) is 4.89. The van der Waals surface area contributed by atoms with Crippen molar-refractivity contribution in [1.82, 2.24) is 4.98 Å². The van der Waals surface area contributed by atoms with Crippen molar-refractivity contribution in [3.63, 3.8) is 0 Å². The average molecular weight is 274 g/mol. The fourth-order valence-electron chi connectivity index (χ4n) is 2.61. The van der Waals surface area contributed by atoms with Crippen LogP contribution in [-0.4, -0.2) is 11.8 Å². The van der Waals surface area contributed by atoms with Crippen LogP contribution in [0.1, 0.15) is 29.5 Å². The predicted octanol–water partition coefficient (Wildman–Crippen LogP) is 2.87. The lowest BCUT2D eigenvalue weighted by Crippen LogP contribution is -2.15. The van der Waals surface area contributed by atoms with Gasteiger partial charge in [-0.25, -0.2) is 4.98 Å². The molecule has 5 heteroatoms. The first-order valence-electron chi connectivity index (χ1n) is 6.46. The molecule has 0 fully saturated rings. The summed E-state index contributed by atoms with van der Waals surface area (Å²) in [5, 5.41) is 1.03. The minimum atomic E-state index is 0.156. The van der Waals surface area contributed by atoms with Crippen molar-refractivity contribution in [2.24, 2.45) is 5.73 Å². The molecule has 0 bridgehead atoms. The molecule has 19 heavy (non-hydrogen) atoms. The van der Waals surface area contributed by atoms with E-state index >= 15 is 0 Å². The van der Waals surface area contributed by atoms with Crippen LogP contribution < -0.4 is 15.2 Å². The molecule has 1 atom stereocenters. The van der Waals surface area contributed by atoms with Crippen LogP contribution in [0, 0.1) is 0 Å². The number of thiazole rings is 1. The zero-order chi connectivity index (χ0) is 12.8. The van der Waals surface area contributed by atoms with Crippen molar-refractivity contribution in [3.8, 4) is 22.1 Å². The molecule has 0 saturated carbocycles. The van der Waals surface area contributed by atoms with Crippen LogP contribution in [0.25, 0.3) is 10.6 Å². The third-order valence-electron chi connectivity index (χ3n) is 3.61. The predicted molar refractivity (Wildman–Crippen MR) is 73.5 cm³/mol. The number of benzene rings is 1. The molecule has 1 aliphatic carbocycles. The van der Waals surface area contributed by atoms with E-state index in [1.165, 1.54) is 10.6 Å². The van der Waals surface area contributed by atoms with Gasteiger partial charge in [-0.1, -0.05) is 0 Å². The van der Waals surface area contributed by atoms with Gasteiger partial charge in [-0.3, -0.25) is 0 Å². The number of fused-ring (bicyclic) bond motifs is 2. The Morgan fingerprint density at radius 1 is 1.26 bits per heavy atom. The smallest absolute Gasteiger partial charge is 0.231 e. The summed E-state index contributed by atoms with van der Waals surface area (Å²) in [6.07, 6.45) is 3.25. The number of rotatable bonds is 1. The van der Waals surface area contributed by atoms with E-state index in [-0.39, 0.29) is 6.04 Å². The van der Waals surface area contributed by atoms with Gasteiger partial charge >= 0.3 is 0 Å². The molecule has 0 amide bonds. The number of ether oxygens (including phenoxy) is 2. The van der Waals surface area contributed by atoms with Crippen LogP contribution >= 0.6 is 11.3 Å². The van der Waals surface area contributed by atoms with Crippen molar-refractivity contribution in [2.75, 3.05) is 6.79 Å². The molecular formula is C14H14N2O2S. The van der Waals surface area contributed by atoms with Crippen LogP contribution in [-0.2, 0) is 6.42 Å². The molecule has 98 valence electrons. The summed E-state index contributed by atoms with van der Waals surface area (Å²) < 4.78 is 10.7. The number of aromatic nitrogens is 1. The number of nitrogens with two attached hydrogens (primary N) is 1. The van der Waals surface area contributed by atoms with Gasteiger partial charge in [0.2, 0.25) is 6.79 Å². The standard InChI is InChI=1S/C14H14N2O2S/c15-9-2-1-3-10-13(9)19-14(16-10)8-4-5-11-12(6-8)18-7-17-11/h4-6,9H,1-3,7,15H2. The Labute approximate surface area is 115 Å². The fraction of sp³-hybridized carbons (Fsp3) is 0.357. The summed E-state index contributed by atoms with van der Waals surface area (Å²) in [7, 11) is 0. The molecule has 1 aromatic heterocycles. The van der Waals surface area contributed by atoms with Crippen molar-refractivity contribution in [2.45, 2.75) is 25.3 Å². The summed E-state index contributed by atoms with van der Waals surface area (Å²) in [6, 6.07) is 6.13. The van der Waals surface area contributed by atoms with E-state index in [0.29, 0.717) is 6.79 Å². The molecule has 1 unspecified atom stereocenters. The van der Waals surface area contributed by atoms with Crippen molar-refractivity contribution in [3.05, 3.63) is 28.8 Å². The Morgan fingerprint density at radius 2 is 2.16 bits per heavy atom. The van der Waals surface area contributed by atoms with Crippen molar-refractivity contribution in [1.29, 1.82) is 0 Å². The van der Waals surface area contributed by atoms with Gasteiger partial charge in [0, 0.05) is 16.5 Å². The molecule has 4 nitrogen and oxygen atoms in total. The summed E-state index contributed by atoms with van der Waals surface area (Å²) >= 11 is 1.71. The highest BCUT2D eigenvalue weighted by atomic mass is 32.1. The van der Waals surface area contributed by atoms with Crippen LogP contribution in [0.5, 0.6) is 11.5 Å². The third kappa shape index (κ3) is 1.81. The lowest BCUT2D eigenvalue weighted by molar-refractivity contribution is 0.174. The van der Waals surface area contributed by atoms with Crippen LogP contribution in [0.4, 0.5) is 0 Å². The van der Waals surface area contributed by atoms with E-state index in [1.807, 2.05) is 18.2 Å². The molecule has 2 aliphatic rings. The lowest BCUT2D eigenvalue weighted by Gasteiger charge is -2.15.